The minimum atomic E-state index is -3.77. The maximum Gasteiger partial charge on any atom is 0.279 e. The van der Waals surface area contributed by atoms with Crippen LogP contribution in [-0.4, -0.2) is 35.3 Å². The van der Waals surface area contributed by atoms with Gasteiger partial charge in [0.05, 0.1) is 33.1 Å². The zero-order chi connectivity index (χ0) is 51.6. The van der Waals surface area contributed by atoms with Crippen LogP contribution in [0.25, 0.3) is 82.7 Å². The van der Waals surface area contributed by atoms with Crippen LogP contribution in [0.2, 0.25) is 0 Å². The lowest BCUT2D eigenvalue weighted by Gasteiger charge is -2.44. The Hall–Kier alpha value is -9.64. The normalized spacial score (nSPS) is 12.2. The van der Waals surface area contributed by atoms with Gasteiger partial charge in [0.15, 0.2) is 0 Å². The summed E-state index contributed by atoms with van der Waals surface area (Å²) in [5.41, 5.74) is 7.76. The third-order valence-electron chi connectivity index (χ3n) is 15.9. The smallest absolute Gasteiger partial charge is 0.279 e. The molecule has 0 aliphatic heterocycles. The molecule has 4 aromatic heterocycles. The van der Waals surface area contributed by atoms with E-state index in [1.807, 2.05) is 0 Å². The fourth-order valence-corrected chi connectivity index (χ4v) is 23.2. The highest BCUT2D eigenvalue weighted by Gasteiger charge is 2.53. The zero-order valence-corrected chi connectivity index (χ0v) is 44.6. The number of aromatic nitrogens is 4. The van der Waals surface area contributed by atoms with Crippen LogP contribution < -0.4 is 31.1 Å². The van der Waals surface area contributed by atoms with Crippen LogP contribution in [0, 0.1) is 0 Å². The summed E-state index contributed by atoms with van der Waals surface area (Å²) in [4.78, 5) is 5.94. The second-order valence-corrected chi connectivity index (χ2v) is 27.2. The highest BCUT2D eigenvalue weighted by atomic mass is 28.4. The maximum absolute atomic E-state index is 8.99. The van der Waals surface area contributed by atoms with Gasteiger partial charge in [0, 0.05) is 38.0 Å². The molecular weight excluding hydrogens is 981 g/mol. The molecule has 0 radical (unpaired) electrons. The van der Waals surface area contributed by atoms with Crippen LogP contribution >= 0.6 is 0 Å². The summed E-state index contributed by atoms with van der Waals surface area (Å²) in [6.07, 6.45) is 0. The minimum Gasteiger partial charge on any atom is -0.435 e. The van der Waals surface area contributed by atoms with Crippen molar-refractivity contribution in [1.82, 2.24) is 18.7 Å². The van der Waals surface area contributed by atoms with Gasteiger partial charge in [0.1, 0.15) is 11.6 Å². The van der Waals surface area contributed by atoms with E-state index in [0.717, 1.165) is 65.7 Å². The summed E-state index contributed by atoms with van der Waals surface area (Å²) in [5, 5.41) is 14.0. The molecule has 0 N–H and O–H groups in total. The SMILES string of the molecule is c1ccc([Si](O[Si](c2ccccc2)(c2ccccc2)c2cc(-n3c4ccccc4c4ccccc43)nc(-n3c4ccccc4c4cc(-n5c6ccccc6c6ccccc65)ccc43)c2)(c2ccccc2)c2ccccc2)cc1. The molecule has 78 heavy (non-hydrogen) atoms. The molecule has 5 nitrogen and oxygen atoms in total. The number of fused-ring (bicyclic) bond motifs is 9. The number of hydrogen-bond acceptors (Lipinski definition) is 2. The van der Waals surface area contributed by atoms with Crippen molar-refractivity contribution in [1.29, 1.82) is 0 Å². The molecule has 0 spiro atoms. The van der Waals surface area contributed by atoms with E-state index in [0.29, 0.717) is 0 Å². The first-order valence-corrected chi connectivity index (χ1v) is 30.5. The largest absolute Gasteiger partial charge is 0.435 e. The zero-order valence-electron chi connectivity index (χ0n) is 42.6. The summed E-state index contributed by atoms with van der Waals surface area (Å²) in [6, 6.07) is 111. The molecule has 0 amide bonds. The standard InChI is InChI=1S/C71H50N4OSi2/c1-6-26-52(27-7-1)77(53-28-8-2-9-29-53,54-30-10-3-11-31-54)76-78(55-32-12-4-13-33-55,56-34-14-5-15-35-56)57-49-70(74-66-43-23-18-38-60(66)61-39-19-24-44-67(61)74)72-71(50-57)75-68-45-25-20-40-62(68)63-48-51(46-47-69(63)75)73-64-41-21-16-36-58(64)59-37-17-22-42-65(59)73/h1-50H. The Bertz CT molecular complexity index is 4470. The van der Waals surface area contributed by atoms with Crippen LogP contribution in [0.5, 0.6) is 0 Å². The van der Waals surface area contributed by atoms with Crippen LogP contribution in [0.15, 0.2) is 303 Å². The molecule has 0 aliphatic carbocycles. The van der Waals surface area contributed by atoms with Gasteiger partial charge in [-0.2, -0.15) is 0 Å². The number of hydrogen-bond donors (Lipinski definition) is 0. The maximum atomic E-state index is 8.99. The molecule has 0 saturated heterocycles. The Morgan fingerprint density at radius 1 is 0.231 bits per heavy atom. The van der Waals surface area contributed by atoms with Crippen molar-refractivity contribution < 1.29 is 4.12 Å². The van der Waals surface area contributed by atoms with Crippen molar-refractivity contribution in [2.75, 3.05) is 0 Å². The van der Waals surface area contributed by atoms with E-state index in [-0.39, 0.29) is 0 Å². The first-order chi connectivity index (χ1) is 38.7. The average Bonchev–Trinajstić information content (AvgIpc) is 4.24. The fourth-order valence-electron chi connectivity index (χ4n) is 12.6. The molecule has 0 aliphatic rings. The molecule has 4 heterocycles. The molecule has 0 atom stereocenters. The monoisotopic (exact) mass is 1030 g/mol. The van der Waals surface area contributed by atoms with E-state index >= 15 is 0 Å². The molecule has 0 saturated carbocycles. The first kappa shape index (κ1) is 45.7. The molecule has 368 valence electrons. The summed E-state index contributed by atoms with van der Waals surface area (Å²) in [7, 11) is -7.27. The van der Waals surface area contributed by atoms with E-state index in [2.05, 4.69) is 317 Å². The van der Waals surface area contributed by atoms with E-state index < -0.39 is 16.6 Å². The average molecular weight is 1030 g/mol. The van der Waals surface area contributed by atoms with Crippen molar-refractivity contribution >= 4 is 113 Å². The Balaban J connectivity index is 1.08. The third kappa shape index (κ3) is 7.06. The van der Waals surface area contributed by atoms with Gasteiger partial charge in [-0.3, -0.25) is 9.13 Å². The van der Waals surface area contributed by atoms with Crippen molar-refractivity contribution in [3.05, 3.63) is 303 Å². The molecule has 7 heteroatoms. The second kappa shape index (κ2) is 18.6. The highest BCUT2D eigenvalue weighted by Crippen LogP contribution is 2.38. The summed E-state index contributed by atoms with van der Waals surface area (Å²) >= 11 is 0. The highest BCUT2D eigenvalue weighted by molar-refractivity contribution is 7.18. The summed E-state index contributed by atoms with van der Waals surface area (Å²) in [6.45, 7) is 0. The van der Waals surface area contributed by atoms with Gasteiger partial charge in [-0.05, 0) is 91.8 Å². The van der Waals surface area contributed by atoms with E-state index in [4.69, 9.17) is 9.10 Å². The number of para-hydroxylation sites is 5. The fraction of sp³-hybridized carbons (Fsp3) is 0. The first-order valence-electron chi connectivity index (χ1n) is 26.7. The quantitative estimate of drug-likeness (QED) is 0.0956. The number of nitrogens with zero attached hydrogens (tertiary/aromatic N) is 4. The molecule has 15 aromatic rings. The third-order valence-corrected chi connectivity index (χ3v) is 25.2. The van der Waals surface area contributed by atoms with Crippen molar-refractivity contribution in [2.24, 2.45) is 0 Å². The van der Waals surface area contributed by atoms with Crippen molar-refractivity contribution in [3.63, 3.8) is 0 Å². The van der Waals surface area contributed by atoms with Crippen molar-refractivity contribution in [2.45, 2.75) is 0 Å². The van der Waals surface area contributed by atoms with Crippen LogP contribution in [0.3, 0.4) is 0 Å². The van der Waals surface area contributed by atoms with E-state index in [9.17, 15) is 0 Å². The van der Waals surface area contributed by atoms with Gasteiger partial charge in [-0.25, -0.2) is 4.98 Å². The van der Waals surface area contributed by atoms with E-state index in [1.54, 1.807) is 0 Å². The molecule has 11 aromatic carbocycles. The van der Waals surface area contributed by atoms with Gasteiger partial charge in [-0.1, -0.05) is 243 Å². The number of rotatable bonds is 11. The van der Waals surface area contributed by atoms with Crippen molar-refractivity contribution in [3.8, 4) is 17.3 Å². The van der Waals surface area contributed by atoms with Crippen LogP contribution in [0.1, 0.15) is 0 Å². The summed E-state index contributed by atoms with van der Waals surface area (Å²) < 4.78 is 16.2. The second-order valence-electron chi connectivity index (χ2n) is 20.2. The summed E-state index contributed by atoms with van der Waals surface area (Å²) in [5.74, 6) is 1.62. The minimum absolute atomic E-state index is 0.805. The Kier molecular flexibility index (Phi) is 10.9. The molecular formula is C71H50N4OSi2. The molecule has 0 bridgehead atoms. The van der Waals surface area contributed by atoms with Crippen LogP contribution in [-0.2, 0) is 4.12 Å². The topological polar surface area (TPSA) is 36.9 Å². The lowest BCUT2D eigenvalue weighted by Crippen LogP contribution is -2.81. The predicted molar refractivity (Wildman–Crippen MR) is 330 cm³/mol. The Morgan fingerprint density at radius 3 is 0.846 bits per heavy atom. The van der Waals surface area contributed by atoms with Gasteiger partial charge >= 0.3 is 0 Å². The van der Waals surface area contributed by atoms with Gasteiger partial charge in [0.2, 0.25) is 0 Å². The van der Waals surface area contributed by atoms with Crippen LogP contribution in [0.4, 0.5) is 0 Å². The van der Waals surface area contributed by atoms with Gasteiger partial charge < -0.3 is 8.68 Å². The molecule has 0 unspecified atom stereocenters. The van der Waals surface area contributed by atoms with Gasteiger partial charge in [-0.15, -0.1) is 0 Å². The molecule has 15 rings (SSSR count). The Morgan fingerprint density at radius 2 is 0.500 bits per heavy atom. The van der Waals surface area contributed by atoms with Gasteiger partial charge in [0.25, 0.3) is 16.6 Å². The predicted octanol–water partition coefficient (Wildman–Crippen LogP) is 13.0. The Labute approximate surface area is 454 Å². The number of pyridine rings is 1. The lowest BCUT2D eigenvalue weighted by molar-refractivity contribution is 0.600. The molecule has 0 fully saturated rings. The lowest BCUT2D eigenvalue weighted by atomic mass is 10.1. The van der Waals surface area contributed by atoms with E-state index in [1.165, 1.54) is 48.1 Å². The number of benzene rings is 11.